The van der Waals surface area contributed by atoms with E-state index in [9.17, 15) is 4.79 Å². The fourth-order valence-corrected chi connectivity index (χ4v) is 2.42. The molecule has 0 atom stereocenters. The summed E-state index contributed by atoms with van der Waals surface area (Å²) in [5.74, 6) is 0.274. The van der Waals surface area contributed by atoms with Crippen molar-refractivity contribution in [1.29, 1.82) is 0 Å². The largest absolute Gasteiger partial charge is 0.397 e. The van der Waals surface area contributed by atoms with Gasteiger partial charge in [-0.3, -0.25) is 9.78 Å². The number of anilines is 2. The highest BCUT2D eigenvalue weighted by Gasteiger charge is 2.06. The van der Waals surface area contributed by atoms with E-state index in [4.69, 9.17) is 5.73 Å². The van der Waals surface area contributed by atoms with Crippen LogP contribution in [0, 0.1) is 13.8 Å². The molecule has 0 bridgehead atoms. The second kappa shape index (κ2) is 6.43. The molecule has 20 heavy (non-hydrogen) atoms. The van der Waals surface area contributed by atoms with Gasteiger partial charge >= 0.3 is 0 Å². The maximum atomic E-state index is 11.9. The molecule has 2 rings (SSSR count). The number of pyridine rings is 1. The van der Waals surface area contributed by atoms with Crippen LogP contribution in [-0.2, 0) is 4.79 Å². The maximum absolute atomic E-state index is 11.9. The molecule has 0 saturated heterocycles. The Morgan fingerprint density at radius 2 is 2.10 bits per heavy atom. The van der Waals surface area contributed by atoms with E-state index in [-0.39, 0.29) is 5.91 Å². The van der Waals surface area contributed by atoms with E-state index in [0.29, 0.717) is 11.4 Å². The van der Waals surface area contributed by atoms with Gasteiger partial charge in [-0.1, -0.05) is 6.07 Å². The van der Waals surface area contributed by atoms with Crippen LogP contribution in [0.25, 0.3) is 0 Å². The number of nitrogen functional groups attached to an aromatic ring is 1. The molecular weight excluding hydrogens is 270 g/mol. The molecule has 0 unspecified atom stereocenters. The van der Waals surface area contributed by atoms with Gasteiger partial charge in [-0.25, -0.2) is 0 Å². The Hall–Kier alpha value is -2.01. The van der Waals surface area contributed by atoms with Crippen molar-refractivity contribution >= 4 is 29.0 Å². The fraction of sp³-hybridized carbons (Fsp3) is 0.200. The molecule has 0 spiro atoms. The van der Waals surface area contributed by atoms with Crippen molar-refractivity contribution in [3.63, 3.8) is 0 Å². The number of nitrogens with zero attached hydrogens (tertiary/aromatic N) is 1. The number of aryl methyl sites for hydroxylation is 2. The van der Waals surface area contributed by atoms with Crippen LogP contribution in [-0.4, -0.2) is 16.6 Å². The molecule has 4 nitrogen and oxygen atoms in total. The Morgan fingerprint density at radius 3 is 2.80 bits per heavy atom. The minimum atomic E-state index is -0.0468. The molecule has 0 saturated carbocycles. The minimum absolute atomic E-state index is 0.0468. The normalized spacial score (nSPS) is 10.3. The van der Waals surface area contributed by atoms with Gasteiger partial charge in [0.1, 0.15) is 0 Å². The van der Waals surface area contributed by atoms with E-state index in [2.05, 4.69) is 10.3 Å². The average Bonchev–Trinajstić information content (AvgIpc) is 2.42. The number of thioether (sulfide) groups is 1. The summed E-state index contributed by atoms with van der Waals surface area (Å²) in [5.41, 5.74) is 9.57. The quantitative estimate of drug-likeness (QED) is 0.848. The van der Waals surface area contributed by atoms with Crippen molar-refractivity contribution < 1.29 is 4.79 Å². The zero-order chi connectivity index (χ0) is 14.5. The highest BCUT2D eigenvalue weighted by molar-refractivity contribution is 8.00. The van der Waals surface area contributed by atoms with Crippen LogP contribution in [0.4, 0.5) is 11.4 Å². The van der Waals surface area contributed by atoms with Gasteiger partial charge < -0.3 is 11.1 Å². The first kappa shape index (κ1) is 14.4. The van der Waals surface area contributed by atoms with E-state index in [0.717, 1.165) is 16.1 Å². The number of amides is 1. The summed E-state index contributed by atoms with van der Waals surface area (Å²) in [7, 11) is 0. The molecule has 3 N–H and O–H groups in total. The van der Waals surface area contributed by atoms with Crippen molar-refractivity contribution in [1.82, 2.24) is 4.98 Å². The summed E-state index contributed by atoms with van der Waals surface area (Å²) in [6.45, 7) is 4.07. The molecule has 0 radical (unpaired) electrons. The first-order valence-electron chi connectivity index (χ1n) is 6.25. The van der Waals surface area contributed by atoms with Gasteiger partial charge in [0.2, 0.25) is 5.91 Å². The van der Waals surface area contributed by atoms with E-state index < -0.39 is 0 Å². The molecule has 2 aromatic rings. The molecule has 1 aromatic heterocycles. The van der Waals surface area contributed by atoms with Crippen LogP contribution < -0.4 is 11.1 Å². The standard InChI is InChI=1S/C15H17N3OS/c1-10-3-4-12(7-11(10)2)18-15(19)9-20-14-5-6-17-8-13(14)16/h3-8H,9,16H2,1-2H3,(H,18,19). The van der Waals surface area contributed by atoms with Gasteiger partial charge in [-0.05, 0) is 43.2 Å². The second-order valence-corrected chi connectivity index (χ2v) is 5.57. The Balaban J connectivity index is 1.93. The number of nitrogens with one attached hydrogen (secondary N) is 1. The third-order valence-corrected chi connectivity index (χ3v) is 4.05. The molecule has 1 heterocycles. The molecule has 5 heteroatoms. The monoisotopic (exact) mass is 287 g/mol. The number of carbonyl (C=O) groups excluding carboxylic acids is 1. The number of aromatic nitrogens is 1. The average molecular weight is 287 g/mol. The van der Waals surface area contributed by atoms with E-state index in [1.165, 1.54) is 17.3 Å². The second-order valence-electron chi connectivity index (χ2n) is 4.55. The highest BCUT2D eigenvalue weighted by atomic mass is 32.2. The lowest BCUT2D eigenvalue weighted by molar-refractivity contribution is -0.113. The number of hydrogen-bond acceptors (Lipinski definition) is 4. The molecule has 1 amide bonds. The SMILES string of the molecule is Cc1ccc(NC(=O)CSc2ccncc2N)cc1C. The van der Waals surface area contributed by atoms with E-state index >= 15 is 0 Å². The minimum Gasteiger partial charge on any atom is -0.397 e. The van der Waals surface area contributed by atoms with Gasteiger partial charge in [0.25, 0.3) is 0 Å². The maximum Gasteiger partial charge on any atom is 0.234 e. The number of rotatable bonds is 4. The van der Waals surface area contributed by atoms with Gasteiger partial charge in [0, 0.05) is 16.8 Å². The van der Waals surface area contributed by atoms with Gasteiger partial charge in [-0.15, -0.1) is 11.8 Å². The molecule has 104 valence electrons. The molecule has 0 aliphatic carbocycles. The molecule has 1 aromatic carbocycles. The third-order valence-electron chi connectivity index (χ3n) is 2.96. The van der Waals surface area contributed by atoms with Crippen LogP contribution in [0.15, 0.2) is 41.6 Å². The van der Waals surface area contributed by atoms with Crippen molar-refractivity contribution in [2.45, 2.75) is 18.7 Å². The van der Waals surface area contributed by atoms with Crippen molar-refractivity contribution in [2.24, 2.45) is 0 Å². The summed E-state index contributed by atoms with van der Waals surface area (Å²) in [6.07, 6.45) is 3.25. The topological polar surface area (TPSA) is 68.0 Å². The first-order valence-corrected chi connectivity index (χ1v) is 7.24. The summed E-state index contributed by atoms with van der Waals surface area (Å²) >= 11 is 1.40. The van der Waals surface area contributed by atoms with Gasteiger partial charge in [-0.2, -0.15) is 0 Å². The lowest BCUT2D eigenvalue weighted by Crippen LogP contribution is -2.14. The van der Waals surface area contributed by atoms with Crippen LogP contribution in [0.3, 0.4) is 0 Å². The zero-order valence-electron chi connectivity index (χ0n) is 11.5. The zero-order valence-corrected chi connectivity index (χ0v) is 12.3. The Morgan fingerprint density at radius 1 is 1.30 bits per heavy atom. The number of benzene rings is 1. The Bertz CT molecular complexity index is 628. The fourth-order valence-electron chi connectivity index (χ4n) is 1.68. The van der Waals surface area contributed by atoms with Crippen molar-refractivity contribution in [3.8, 4) is 0 Å². The number of carbonyl (C=O) groups is 1. The van der Waals surface area contributed by atoms with Crippen LogP contribution in [0.2, 0.25) is 0 Å². The van der Waals surface area contributed by atoms with Gasteiger partial charge in [0.15, 0.2) is 0 Å². The predicted molar refractivity (Wildman–Crippen MR) is 83.9 cm³/mol. The lowest BCUT2D eigenvalue weighted by atomic mass is 10.1. The summed E-state index contributed by atoms with van der Waals surface area (Å²) < 4.78 is 0. The summed E-state index contributed by atoms with van der Waals surface area (Å²) in [6, 6.07) is 7.69. The first-order chi connectivity index (χ1) is 9.56. The van der Waals surface area contributed by atoms with Crippen molar-refractivity contribution in [2.75, 3.05) is 16.8 Å². The highest BCUT2D eigenvalue weighted by Crippen LogP contribution is 2.23. The van der Waals surface area contributed by atoms with Crippen molar-refractivity contribution in [3.05, 3.63) is 47.8 Å². The summed E-state index contributed by atoms with van der Waals surface area (Å²) in [5, 5.41) is 2.88. The van der Waals surface area contributed by atoms with Crippen LogP contribution in [0.5, 0.6) is 0 Å². The molecule has 0 aliphatic heterocycles. The molecular formula is C15H17N3OS. The molecule has 0 aliphatic rings. The smallest absolute Gasteiger partial charge is 0.234 e. The van der Waals surface area contributed by atoms with Crippen LogP contribution >= 0.6 is 11.8 Å². The summed E-state index contributed by atoms with van der Waals surface area (Å²) in [4.78, 5) is 16.7. The Kier molecular flexibility index (Phi) is 4.63. The van der Waals surface area contributed by atoms with E-state index in [1.54, 1.807) is 12.4 Å². The number of nitrogens with two attached hydrogens (primary N) is 1. The van der Waals surface area contributed by atoms with E-state index in [1.807, 2.05) is 38.1 Å². The van der Waals surface area contributed by atoms with Gasteiger partial charge in [0.05, 0.1) is 17.6 Å². The van der Waals surface area contributed by atoms with Crippen LogP contribution in [0.1, 0.15) is 11.1 Å². The third kappa shape index (κ3) is 3.74. The predicted octanol–water partition coefficient (Wildman–Crippen LogP) is 3.01. The molecule has 0 fully saturated rings. The Labute approximate surface area is 122 Å². The number of hydrogen-bond donors (Lipinski definition) is 2. The lowest BCUT2D eigenvalue weighted by Gasteiger charge is -2.08.